The zero-order valence-corrected chi connectivity index (χ0v) is 13.8. The van der Waals surface area contributed by atoms with Gasteiger partial charge in [-0.3, -0.25) is 0 Å². The zero-order valence-electron chi connectivity index (χ0n) is 13.8. The van der Waals surface area contributed by atoms with E-state index in [0.717, 1.165) is 42.2 Å². The number of fused-ring (bicyclic) bond motifs is 5. The van der Waals surface area contributed by atoms with Crippen LogP contribution >= 0.6 is 0 Å². The van der Waals surface area contributed by atoms with Gasteiger partial charge in [0.1, 0.15) is 0 Å². The molecule has 4 aliphatic rings. The Labute approximate surface area is 129 Å². The van der Waals surface area contributed by atoms with Crippen LogP contribution < -0.4 is 0 Å². The van der Waals surface area contributed by atoms with Crippen molar-refractivity contribution in [2.75, 3.05) is 0 Å². The smallest absolute Gasteiger partial charge is 0.0579 e. The summed E-state index contributed by atoms with van der Waals surface area (Å²) in [6.07, 6.45) is 13.7. The minimum Gasteiger partial charge on any atom is -0.411 e. The summed E-state index contributed by atoms with van der Waals surface area (Å²) in [4.78, 5) is 0. The predicted molar refractivity (Wildman–Crippen MR) is 85.6 cm³/mol. The molecule has 4 fully saturated rings. The fourth-order valence-corrected chi connectivity index (χ4v) is 7.18. The quantitative estimate of drug-likeness (QED) is 0.479. The van der Waals surface area contributed by atoms with E-state index >= 15 is 0 Å². The molecule has 0 unspecified atom stereocenters. The summed E-state index contributed by atoms with van der Waals surface area (Å²) in [6.45, 7) is 5.10. The van der Waals surface area contributed by atoms with Gasteiger partial charge in [-0.2, -0.15) is 0 Å². The number of oxime groups is 1. The van der Waals surface area contributed by atoms with Crippen molar-refractivity contribution in [3.8, 4) is 0 Å². The van der Waals surface area contributed by atoms with Gasteiger partial charge in [0, 0.05) is 0 Å². The van der Waals surface area contributed by atoms with E-state index in [1.807, 2.05) is 0 Å². The fourth-order valence-electron chi connectivity index (χ4n) is 7.18. The lowest BCUT2D eigenvalue weighted by Gasteiger charge is -2.59. The second-order valence-corrected chi connectivity index (χ2v) is 9.14. The van der Waals surface area contributed by atoms with Gasteiger partial charge < -0.3 is 5.21 Å². The normalized spacial score (nSPS) is 54.9. The van der Waals surface area contributed by atoms with E-state index in [2.05, 4.69) is 19.0 Å². The summed E-state index contributed by atoms with van der Waals surface area (Å²) < 4.78 is 0. The second kappa shape index (κ2) is 4.73. The third kappa shape index (κ3) is 1.93. The Bertz CT molecular complexity index is 458. The third-order valence-corrected chi connectivity index (χ3v) is 8.31. The lowest BCUT2D eigenvalue weighted by molar-refractivity contribution is -0.103. The monoisotopic (exact) mass is 289 g/mol. The van der Waals surface area contributed by atoms with Crippen LogP contribution in [0.1, 0.15) is 78.1 Å². The van der Waals surface area contributed by atoms with Crippen molar-refractivity contribution in [3.63, 3.8) is 0 Å². The Morgan fingerprint density at radius 2 is 1.86 bits per heavy atom. The van der Waals surface area contributed by atoms with Crippen LogP contribution in [-0.4, -0.2) is 10.9 Å². The first kappa shape index (κ1) is 14.1. The molecule has 4 saturated carbocycles. The Balaban J connectivity index is 1.64. The van der Waals surface area contributed by atoms with Crippen molar-refractivity contribution in [2.24, 2.45) is 39.7 Å². The molecule has 0 heterocycles. The van der Waals surface area contributed by atoms with Crippen LogP contribution in [0.4, 0.5) is 0 Å². The van der Waals surface area contributed by atoms with Gasteiger partial charge in [0.15, 0.2) is 0 Å². The molecule has 4 aliphatic carbocycles. The van der Waals surface area contributed by atoms with Gasteiger partial charge in [0.25, 0.3) is 0 Å². The molecule has 0 aliphatic heterocycles. The molecule has 0 bridgehead atoms. The Morgan fingerprint density at radius 3 is 2.67 bits per heavy atom. The standard InChI is InChI=1S/C19H31NO/c1-18-10-8-16-15(17(18)11-14(12-18)20-21)7-6-13-5-3-4-9-19(13,16)2/h13,15-17,21H,3-12H2,1-2H3/b20-14+/t13-,15-,16+,17+,18-,19+/m1/s1. The summed E-state index contributed by atoms with van der Waals surface area (Å²) in [5.41, 5.74) is 2.14. The van der Waals surface area contributed by atoms with Crippen LogP contribution in [0.5, 0.6) is 0 Å². The largest absolute Gasteiger partial charge is 0.411 e. The molecule has 0 saturated heterocycles. The molecule has 4 rings (SSSR count). The molecule has 2 nitrogen and oxygen atoms in total. The molecule has 2 heteroatoms. The van der Waals surface area contributed by atoms with Gasteiger partial charge in [-0.15, -0.1) is 0 Å². The molecule has 0 amide bonds. The molecule has 1 N–H and O–H groups in total. The van der Waals surface area contributed by atoms with Crippen molar-refractivity contribution >= 4 is 5.71 Å². The molecular weight excluding hydrogens is 258 g/mol. The maximum Gasteiger partial charge on any atom is 0.0579 e. The molecule has 6 atom stereocenters. The van der Waals surface area contributed by atoms with Gasteiger partial charge in [-0.05, 0) is 85.9 Å². The van der Waals surface area contributed by atoms with E-state index in [4.69, 9.17) is 0 Å². The van der Waals surface area contributed by atoms with E-state index in [1.165, 1.54) is 51.4 Å². The van der Waals surface area contributed by atoms with E-state index < -0.39 is 0 Å². The summed E-state index contributed by atoms with van der Waals surface area (Å²) in [5.74, 6) is 3.65. The zero-order chi connectivity index (χ0) is 14.7. The molecular formula is C19H31NO. The van der Waals surface area contributed by atoms with Crippen LogP contribution in [0.2, 0.25) is 0 Å². The van der Waals surface area contributed by atoms with E-state index in [9.17, 15) is 5.21 Å². The minimum absolute atomic E-state index is 0.431. The predicted octanol–water partition coefficient (Wildman–Crippen LogP) is 5.25. The average Bonchev–Trinajstić information content (AvgIpc) is 2.83. The SMILES string of the molecule is C[C@]12CC[C@H]3[C@@H](CC[C@H]4CCCC[C@@]43C)[C@@H]1C/C(=N\O)C2. The highest BCUT2D eigenvalue weighted by Gasteiger charge is 2.58. The first-order valence-electron chi connectivity index (χ1n) is 9.27. The number of nitrogens with zero attached hydrogens (tertiary/aromatic N) is 1. The first-order valence-corrected chi connectivity index (χ1v) is 9.27. The lowest BCUT2D eigenvalue weighted by atomic mass is 9.45. The van der Waals surface area contributed by atoms with Crippen LogP contribution in [-0.2, 0) is 0 Å². The summed E-state index contributed by atoms with van der Waals surface area (Å²) in [7, 11) is 0. The lowest BCUT2D eigenvalue weighted by Crippen LogP contribution is -2.51. The number of hydrogen-bond acceptors (Lipinski definition) is 2. The van der Waals surface area contributed by atoms with Gasteiger partial charge in [0.2, 0.25) is 0 Å². The van der Waals surface area contributed by atoms with Crippen LogP contribution in [0.3, 0.4) is 0 Å². The summed E-state index contributed by atoms with van der Waals surface area (Å²) in [6, 6.07) is 0. The van der Waals surface area contributed by atoms with Crippen LogP contribution in [0.25, 0.3) is 0 Å². The maximum atomic E-state index is 9.25. The molecule has 118 valence electrons. The van der Waals surface area contributed by atoms with Gasteiger partial charge in [-0.25, -0.2) is 0 Å². The molecule has 21 heavy (non-hydrogen) atoms. The molecule has 0 aromatic carbocycles. The van der Waals surface area contributed by atoms with E-state index in [1.54, 1.807) is 0 Å². The second-order valence-electron chi connectivity index (χ2n) is 9.14. The Kier molecular flexibility index (Phi) is 3.17. The average molecular weight is 289 g/mol. The van der Waals surface area contributed by atoms with Crippen molar-refractivity contribution in [2.45, 2.75) is 78.1 Å². The van der Waals surface area contributed by atoms with Gasteiger partial charge in [-0.1, -0.05) is 31.8 Å². The van der Waals surface area contributed by atoms with Crippen LogP contribution in [0.15, 0.2) is 5.16 Å². The molecule has 0 spiro atoms. The van der Waals surface area contributed by atoms with Crippen molar-refractivity contribution in [1.29, 1.82) is 0 Å². The maximum absolute atomic E-state index is 9.25. The number of hydrogen-bond donors (Lipinski definition) is 1. The Hall–Kier alpha value is -0.530. The third-order valence-electron chi connectivity index (χ3n) is 8.31. The highest BCUT2D eigenvalue weighted by atomic mass is 16.4. The van der Waals surface area contributed by atoms with Crippen molar-refractivity contribution in [3.05, 3.63) is 0 Å². The summed E-state index contributed by atoms with van der Waals surface area (Å²) >= 11 is 0. The fraction of sp³-hybridized carbons (Fsp3) is 0.947. The van der Waals surface area contributed by atoms with Crippen molar-refractivity contribution in [1.82, 2.24) is 0 Å². The van der Waals surface area contributed by atoms with Gasteiger partial charge >= 0.3 is 0 Å². The van der Waals surface area contributed by atoms with Gasteiger partial charge in [0.05, 0.1) is 5.71 Å². The summed E-state index contributed by atoms with van der Waals surface area (Å²) in [5, 5.41) is 12.9. The highest BCUT2D eigenvalue weighted by molar-refractivity contribution is 5.87. The van der Waals surface area contributed by atoms with E-state index in [-0.39, 0.29) is 0 Å². The van der Waals surface area contributed by atoms with Crippen molar-refractivity contribution < 1.29 is 5.21 Å². The molecule has 0 radical (unpaired) electrons. The minimum atomic E-state index is 0.431. The van der Waals surface area contributed by atoms with E-state index in [0.29, 0.717) is 10.8 Å². The first-order chi connectivity index (χ1) is 10.1. The van der Waals surface area contributed by atoms with Crippen LogP contribution in [0, 0.1) is 34.5 Å². The highest BCUT2D eigenvalue weighted by Crippen LogP contribution is 2.65. The Morgan fingerprint density at radius 1 is 1.00 bits per heavy atom. The number of rotatable bonds is 0. The topological polar surface area (TPSA) is 32.6 Å². The molecule has 0 aromatic heterocycles. The molecule has 0 aromatic rings.